The summed E-state index contributed by atoms with van der Waals surface area (Å²) in [5, 5.41) is 3.25. The van der Waals surface area contributed by atoms with Crippen molar-refractivity contribution in [2.24, 2.45) is 5.11 Å². The molecule has 1 rings (SSSR count). The van der Waals surface area contributed by atoms with Gasteiger partial charge >= 0.3 is 0 Å². The van der Waals surface area contributed by atoms with Crippen LogP contribution in [-0.2, 0) is 6.42 Å². The quantitative estimate of drug-likeness (QED) is 0.243. The van der Waals surface area contributed by atoms with Crippen molar-refractivity contribution < 1.29 is 13.2 Å². The van der Waals surface area contributed by atoms with Crippen LogP contribution < -0.4 is 0 Å². The van der Waals surface area contributed by atoms with Gasteiger partial charge in [0.1, 0.15) is 5.82 Å². The zero-order valence-electron chi connectivity index (χ0n) is 7.75. The molecule has 0 saturated carbocycles. The van der Waals surface area contributed by atoms with Crippen LogP contribution in [0.1, 0.15) is 12.0 Å². The second-order valence-electron chi connectivity index (χ2n) is 2.92. The normalized spacial score (nSPS) is 9.80. The molecule has 0 aromatic heterocycles. The van der Waals surface area contributed by atoms with Gasteiger partial charge in [-0.15, -0.1) is 0 Å². The third-order valence-electron chi connectivity index (χ3n) is 1.86. The van der Waals surface area contributed by atoms with Crippen LogP contribution in [0.2, 0.25) is 0 Å². The van der Waals surface area contributed by atoms with E-state index in [-0.39, 0.29) is 18.5 Å². The van der Waals surface area contributed by atoms with Crippen molar-refractivity contribution in [3.63, 3.8) is 0 Å². The number of benzene rings is 1. The molecule has 0 saturated heterocycles. The number of nitrogens with zero attached hydrogens (tertiary/aromatic N) is 3. The molecule has 0 aliphatic rings. The van der Waals surface area contributed by atoms with Crippen LogP contribution in [0.4, 0.5) is 13.2 Å². The van der Waals surface area contributed by atoms with Crippen LogP contribution in [0.25, 0.3) is 10.4 Å². The molecule has 0 N–H and O–H groups in total. The molecule has 0 aliphatic carbocycles. The fourth-order valence-corrected chi connectivity index (χ4v) is 1.14. The van der Waals surface area contributed by atoms with Crippen molar-refractivity contribution in [1.82, 2.24) is 0 Å². The number of aryl methyl sites for hydroxylation is 1. The first-order chi connectivity index (χ1) is 7.15. The average Bonchev–Trinajstić information content (AvgIpc) is 2.20. The Morgan fingerprint density at radius 3 is 2.47 bits per heavy atom. The van der Waals surface area contributed by atoms with Crippen molar-refractivity contribution in [3.05, 3.63) is 45.6 Å². The van der Waals surface area contributed by atoms with Crippen molar-refractivity contribution in [1.29, 1.82) is 0 Å². The number of hydrogen-bond donors (Lipinski definition) is 0. The van der Waals surface area contributed by atoms with Gasteiger partial charge in [-0.05, 0) is 30.0 Å². The van der Waals surface area contributed by atoms with E-state index >= 15 is 0 Å². The van der Waals surface area contributed by atoms with E-state index in [0.717, 1.165) is 6.07 Å². The summed E-state index contributed by atoms with van der Waals surface area (Å²) in [6.07, 6.45) is 0.605. The lowest BCUT2D eigenvalue weighted by molar-refractivity contribution is 0.489. The minimum absolute atomic E-state index is 0.0852. The fourth-order valence-electron chi connectivity index (χ4n) is 1.14. The van der Waals surface area contributed by atoms with E-state index in [2.05, 4.69) is 10.0 Å². The van der Waals surface area contributed by atoms with E-state index in [9.17, 15) is 13.2 Å². The predicted octanol–water partition coefficient (Wildman–Crippen LogP) is 3.35. The van der Waals surface area contributed by atoms with E-state index < -0.39 is 17.5 Å². The third kappa shape index (κ3) is 3.18. The SMILES string of the molecule is [N-]=[N+]=NCCCc1cc(F)c(F)cc1F. The van der Waals surface area contributed by atoms with Crippen LogP contribution in [-0.4, -0.2) is 6.54 Å². The summed E-state index contributed by atoms with van der Waals surface area (Å²) in [5.74, 6) is -3.06. The monoisotopic (exact) mass is 215 g/mol. The first kappa shape index (κ1) is 11.4. The highest BCUT2D eigenvalue weighted by molar-refractivity contribution is 5.20. The van der Waals surface area contributed by atoms with E-state index in [0.29, 0.717) is 12.5 Å². The molecule has 0 heterocycles. The molecule has 0 atom stereocenters. The molecule has 1 aromatic rings. The number of halogens is 3. The highest BCUT2D eigenvalue weighted by Crippen LogP contribution is 2.15. The van der Waals surface area contributed by atoms with Gasteiger partial charge in [-0.3, -0.25) is 0 Å². The Hall–Kier alpha value is -1.68. The molecule has 1 aromatic carbocycles. The molecule has 0 amide bonds. The van der Waals surface area contributed by atoms with Gasteiger partial charge < -0.3 is 0 Å². The second-order valence-corrected chi connectivity index (χ2v) is 2.92. The Balaban J connectivity index is 2.68. The summed E-state index contributed by atoms with van der Waals surface area (Å²) in [6, 6.07) is 1.33. The number of rotatable bonds is 4. The Bertz CT molecular complexity index is 400. The highest BCUT2D eigenvalue weighted by Gasteiger charge is 2.08. The molecule has 0 bridgehead atoms. The zero-order chi connectivity index (χ0) is 11.3. The topological polar surface area (TPSA) is 48.8 Å². The lowest BCUT2D eigenvalue weighted by atomic mass is 10.1. The molecule has 0 spiro atoms. The number of hydrogen-bond acceptors (Lipinski definition) is 1. The van der Waals surface area contributed by atoms with E-state index in [1.165, 1.54) is 0 Å². The van der Waals surface area contributed by atoms with Crippen LogP contribution in [0.3, 0.4) is 0 Å². The molecule has 0 unspecified atom stereocenters. The summed E-state index contributed by atoms with van der Waals surface area (Å²) >= 11 is 0. The maximum atomic E-state index is 13.0. The first-order valence-electron chi connectivity index (χ1n) is 4.29. The molecular weight excluding hydrogens is 207 g/mol. The second kappa shape index (κ2) is 5.26. The van der Waals surface area contributed by atoms with Gasteiger partial charge in [0.2, 0.25) is 0 Å². The van der Waals surface area contributed by atoms with Crippen molar-refractivity contribution in [2.45, 2.75) is 12.8 Å². The molecule has 0 aliphatic heterocycles. The lowest BCUT2D eigenvalue weighted by Crippen LogP contribution is -1.96. The van der Waals surface area contributed by atoms with Crippen LogP contribution in [0.5, 0.6) is 0 Å². The minimum atomic E-state index is -1.20. The van der Waals surface area contributed by atoms with Gasteiger partial charge in [-0.2, -0.15) is 0 Å². The van der Waals surface area contributed by atoms with Gasteiger partial charge in [0, 0.05) is 17.5 Å². The molecule has 80 valence electrons. The maximum absolute atomic E-state index is 13.0. The Kier molecular flexibility index (Phi) is 4.00. The van der Waals surface area contributed by atoms with Crippen molar-refractivity contribution in [2.75, 3.05) is 6.54 Å². The fraction of sp³-hybridized carbons (Fsp3) is 0.333. The summed E-state index contributed by atoms with van der Waals surface area (Å²) < 4.78 is 38.3. The standard InChI is InChI=1S/C9H8F3N3/c10-7-5-9(12)8(11)4-6(7)2-1-3-14-15-13/h4-5H,1-3H2. The molecule has 0 fully saturated rings. The smallest absolute Gasteiger partial charge is 0.161 e. The summed E-state index contributed by atoms with van der Waals surface area (Å²) in [6.45, 7) is 0.203. The Morgan fingerprint density at radius 2 is 1.80 bits per heavy atom. The molecule has 15 heavy (non-hydrogen) atoms. The van der Waals surface area contributed by atoms with Crippen molar-refractivity contribution >= 4 is 0 Å². The molecular formula is C9H8F3N3. The van der Waals surface area contributed by atoms with Gasteiger partial charge in [-0.1, -0.05) is 5.11 Å². The average molecular weight is 215 g/mol. The Labute approximate surface area is 84.2 Å². The summed E-state index contributed by atoms with van der Waals surface area (Å²) in [7, 11) is 0. The predicted molar refractivity (Wildman–Crippen MR) is 48.7 cm³/mol. The highest BCUT2D eigenvalue weighted by atomic mass is 19.2. The van der Waals surface area contributed by atoms with E-state index in [4.69, 9.17) is 5.53 Å². The van der Waals surface area contributed by atoms with Crippen LogP contribution in [0.15, 0.2) is 17.2 Å². The first-order valence-corrected chi connectivity index (χ1v) is 4.29. The Morgan fingerprint density at radius 1 is 1.13 bits per heavy atom. The largest absolute Gasteiger partial charge is 0.207 e. The van der Waals surface area contributed by atoms with Gasteiger partial charge in [-0.25, -0.2) is 13.2 Å². The minimum Gasteiger partial charge on any atom is -0.207 e. The van der Waals surface area contributed by atoms with Crippen LogP contribution in [0, 0.1) is 17.5 Å². The number of azide groups is 1. The zero-order valence-corrected chi connectivity index (χ0v) is 7.75. The molecule has 3 nitrogen and oxygen atoms in total. The molecule has 0 radical (unpaired) electrons. The maximum Gasteiger partial charge on any atom is 0.161 e. The van der Waals surface area contributed by atoms with Gasteiger partial charge in [0.15, 0.2) is 11.6 Å². The molecule has 6 heteroatoms. The summed E-state index contributed by atoms with van der Waals surface area (Å²) in [4.78, 5) is 2.52. The van der Waals surface area contributed by atoms with Gasteiger partial charge in [0.05, 0.1) is 0 Å². The third-order valence-corrected chi connectivity index (χ3v) is 1.86. The van der Waals surface area contributed by atoms with Crippen molar-refractivity contribution in [3.8, 4) is 0 Å². The summed E-state index contributed by atoms with van der Waals surface area (Å²) in [5.41, 5.74) is 8.06. The van der Waals surface area contributed by atoms with Crippen LogP contribution >= 0.6 is 0 Å². The lowest BCUT2D eigenvalue weighted by Gasteiger charge is -2.02. The van der Waals surface area contributed by atoms with Gasteiger partial charge in [0.25, 0.3) is 0 Å². The van der Waals surface area contributed by atoms with E-state index in [1.54, 1.807) is 0 Å². The van der Waals surface area contributed by atoms with E-state index in [1.807, 2.05) is 0 Å².